The van der Waals surface area contributed by atoms with Crippen molar-refractivity contribution in [2.45, 2.75) is 11.4 Å². The van der Waals surface area contributed by atoms with Crippen LogP contribution in [-0.4, -0.2) is 34.6 Å². The summed E-state index contributed by atoms with van der Waals surface area (Å²) in [5.41, 5.74) is 2.06. The van der Waals surface area contributed by atoms with Crippen LogP contribution in [0, 0.1) is 0 Å². The molecule has 3 aromatic rings. The molecule has 0 spiro atoms. The minimum absolute atomic E-state index is 0.147. The van der Waals surface area contributed by atoms with Gasteiger partial charge in [0.05, 0.1) is 5.69 Å². The van der Waals surface area contributed by atoms with Crippen molar-refractivity contribution in [1.29, 1.82) is 0 Å². The first kappa shape index (κ1) is 21.7. The highest BCUT2D eigenvalue weighted by atomic mass is 32.2. The van der Waals surface area contributed by atoms with E-state index in [4.69, 9.17) is 12.2 Å². The SMILES string of the molecule is C=CCn1c(=O)/c(=C2/Sc3ccccc3N2C)s/c1=C1/C(=O)N(C)C(=S)N1c1ccccc1. The largest absolute Gasteiger partial charge is 0.337 e. The van der Waals surface area contributed by atoms with Gasteiger partial charge < -0.3 is 4.90 Å². The topological polar surface area (TPSA) is 48.8 Å². The Morgan fingerprint density at radius 2 is 1.70 bits per heavy atom. The number of para-hydroxylation sites is 2. The van der Waals surface area contributed by atoms with Gasteiger partial charge in [-0.15, -0.1) is 17.9 Å². The van der Waals surface area contributed by atoms with Crippen LogP contribution in [0.3, 0.4) is 0 Å². The molecular formula is C24H20N4O2S3. The molecule has 1 amide bonds. The summed E-state index contributed by atoms with van der Waals surface area (Å²) in [5, 5.41) is 1.23. The summed E-state index contributed by atoms with van der Waals surface area (Å²) in [4.78, 5) is 33.3. The summed E-state index contributed by atoms with van der Waals surface area (Å²) >= 11 is 8.49. The van der Waals surface area contributed by atoms with Gasteiger partial charge in [-0.3, -0.25) is 24.0 Å². The summed E-state index contributed by atoms with van der Waals surface area (Å²) in [7, 11) is 3.61. The van der Waals surface area contributed by atoms with Crippen LogP contribution in [0.2, 0.25) is 0 Å². The summed E-state index contributed by atoms with van der Waals surface area (Å²) in [5.74, 6) is -0.241. The maximum atomic E-state index is 13.6. The molecule has 33 heavy (non-hydrogen) atoms. The fourth-order valence-corrected chi connectivity index (χ4v) is 6.68. The number of aromatic nitrogens is 1. The molecule has 0 saturated carbocycles. The number of likely N-dealkylation sites (N-methyl/N-ethyl adjacent to an activating group) is 1. The van der Waals surface area contributed by atoms with Crippen LogP contribution < -0.4 is 24.6 Å². The van der Waals surface area contributed by atoms with Gasteiger partial charge in [-0.1, -0.05) is 48.2 Å². The van der Waals surface area contributed by atoms with Crippen LogP contribution in [0.1, 0.15) is 0 Å². The van der Waals surface area contributed by atoms with Crippen molar-refractivity contribution in [3.63, 3.8) is 0 Å². The quantitative estimate of drug-likeness (QED) is 0.414. The van der Waals surface area contributed by atoms with E-state index < -0.39 is 0 Å². The van der Waals surface area contributed by atoms with Crippen LogP contribution >= 0.6 is 35.3 Å². The number of carbonyl (C=O) groups is 1. The second kappa shape index (κ2) is 8.33. The van der Waals surface area contributed by atoms with E-state index in [-0.39, 0.29) is 18.0 Å². The van der Waals surface area contributed by atoms with E-state index in [1.165, 1.54) is 16.2 Å². The number of rotatable bonds is 3. The molecule has 3 heterocycles. The predicted octanol–water partition coefficient (Wildman–Crippen LogP) is 2.78. The van der Waals surface area contributed by atoms with Gasteiger partial charge in [0.15, 0.2) is 5.11 Å². The number of thiocarbonyl (C=S) groups is 1. The Morgan fingerprint density at radius 1 is 1.00 bits per heavy atom. The molecule has 0 aliphatic carbocycles. The number of thioether (sulfide) groups is 1. The molecule has 1 aromatic heterocycles. The van der Waals surface area contributed by atoms with Gasteiger partial charge in [0.25, 0.3) is 11.5 Å². The van der Waals surface area contributed by atoms with Gasteiger partial charge in [-0.2, -0.15) is 0 Å². The third-order valence-electron chi connectivity index (χ3n) is 5.55. The highest BCUT2D eigenvalue weighted by Crippen LogP contribution is 2.45. The Kier molecular flexibility index (Phi) is 5.48. The normalized spacial score (nSPS) is 18.9. The van der Waals surface area contributed by atoms with Crippen molar-refractivity contribution in [1.82, 2.24) is 9.47 Å². The molecule has 2 aromatic carbocycles. The molecule has 0 radical (unpaired) electrons. The smallest absolute Gasteiger partial charge is 0.279 e. The minimum Gasteiger partial charge on any atom is -0.337 e. The van der Waals surface area contributed by atoms with Crippen molar-refractivity contribution < 1.29 is 4.79 Å². The minimum atomic E-state index is -0.241. The lowest BCUT2D eigenvalue weighted by atomic mass is 10.3. The molecule has 166 valence electrons. The maximum absolute atomic E-state index is 13.6. The summed E-state index contributed by atoms with van der Waals surface area (Å²) in [6.45, 7) is 4.11. The lowest BCUT2D eigenvalue weighted by Crippen LogP contribution is -2.36. The number of nitrogens with zero attached hydrogens (tertiary/aromatic N) is 4. The van der Waals surface area contributed by atoms with Crippen LogP contribution in [0.4, 0.5) is 11.4 Å². The molecule has 0 N–H and O–H groups in total. The van der Waals surface area contributed by atoms with E-state index >= 15 is 0 Å². The third-order valence-corrected chi connectivity index (χ3v) is 8.55. The molecule has 5 rings (SSSR count). The predicted molar refractivity (Wildman–Crippen MR) is 140 cm³/mol. The molecule has 1 fully saturated rings. The molecule has 0 bridgehead atoms. The highest BCUT2D eigenvalue weighted by molar-refractivity contribution is 8.08. The molecular weight excluding hydrogens is 472 g/mol. The van der Waals surface area contributed by atoms with Crippen LogP contribution in [0.15, 0.2) is 76.9 Å². The van der Waals surface area contributed by atoms with Crippen molar-refractivity contribution >= 4 is 68.4 Å². The Labute approximate surface area is 204 Å². The second-order valence-electron chi connectivity index (χ2n) is 7.54. The first-order valence-electron chi connectivity index (χ1n) is 10.2. The first-order valence-corrected chi connectivity index (χ1v) is 12.2. The average molecular weight is 493 g/mol. The molecule has 2 aliphatic rings. The van der Waals surface area contributed by atoms with E-state index in [0.29, 0.717) is 20.0 Å². The Bertz CT molecular complexity index is 1490. The number of thiazole rings is 1. The van der Waals surface area contributed by atoms with E-state index in [1.807, 2.05) is 66.5 Å². The number of hydrogen-bond donors (Lipinski definition) is 0. The van der Waals surface area contributed by atoms with Crippen molar-refractivity contribution in [3.05, 3.63) is 86.8 Å². The second-order valence-corrected chi connectivity index (χ2v) is 9.94. The zero-order valence-electron chi connectivity index (χ0n) is 18.0. The lowest BCUT2D eigenvalue weighted by Gasteiger charge is -2.18. The van der Waals surface area contributed by atoms with Crippen LogP contribution in [0.5, 0.6) is 0 Å². The van der Waals surface area contributed by atoms with Crippen molar-refractivity contribution in [2.24, 2.45) is 0 Å². The molecule has 6 nitrogen and oxygen atoms in total. The van der Waals surface area contributed by atoms with Crippen molar-refractivity contribution in [3.8, 4) is 0 Å². The van der Waals surface area contributed by atoms with E-state index in [9.17, 15) is 9.59 Å². The zero-order chi connectivity index (χ0) is 23.3. The van der Waals surface area contributed by atoms with E-state index in [0.717, 1.165) is 21.3 Å². The Balaban J connectivity index is 1.84. The van der Waals surface area contributed by atoms with E-state index in [2.05, 4.69) is 6.58 Å². The van der Waals surface area contributed by atoms with Gasteiger partial charge in [-0.25, -0.2) is 0 Å². The first-order chi connectivity index (χ1) is 15.9. The molecule has 0 atom stereocenters. The maximum Gasteiger partial charge on any atom is 0.279 e. The summed E-state index contributed by atoms with van der Waals surface area (Å²) in [6.07, 6.45) is 1.67. The standard InChI is InChI=1S/C24H20N4O2S3/c1-4-14-27-21(30)19(23-25(2)16-12-8-9-13-17(16)32-23)33-22(27)18-20(29)26(3)24(31)28(18)15-10-6-5-7-11-15/h4-13H,1,14H2,2-3H3/b22-18-,23-19-. The zero-order valence-corrected chi connectivity index (χ0v) is 20.5. The number of fused-ring (bicyclic) bond motifs is 1. The number of carbonyl (C=O) groups excluding carboxylic acids is 1. The summed E-state index contributed by atoms with van der Waals surface area (Å²) in [6, 6.07) is 17.5. The Hall–Kier alpha value is -3.14. The van der Waals surface area contributed by atoms with Gasteiger partial charge >= 0.3 is 0 Å². The van der Waals surface area contributed by atoms with Crippen LogP contribution in [-0.2, 0) is 11.3 Å². The van der Waals surface area contributed by atoms with Gasteiger partial charge in [-0.05, 0) is 36.5 Å². The fourth-order valence-electron chi connectivity index (χ4n) is 3.91. The highest BCUT2D eigenvalue weighted by Gasteiger charge is 2.38. The van der Waals surface area contributed by atoms with Gasteiger partial charge in [0.1, 0.15) is 19.9 Å². The summed E-state index contributed by atoms with van der Waals surface area (Å²) < 4.78 is 2.76. The van der Waals surface area contributed by atoms with Gasteiger partial charge in [0.2, 0.25) is 0 Å². The Morgan fingerprint density at radius 3 is 2.39 bits per heavy atom. The van der Waals surface area contributed by atoms with E-state index in [1.54, 1.807) is 34.4 Å². The number of allylic oxidation sites excluding steroid dienone is 1. The molecule has 1 saturated heterocycles. The molecule has 0 unspecified atom stereocenters. The number of amides is 1. The number of anilines is 2. The number of hydrogen-bond acceptors (Lipinski definition) is 6. The van der Waals surface area contributed by atoms with Crippen LogP contribution in [0.25, 0.3) is 10.7 Å². The third kappa shape index (κ3) is 3.35. The monoisotopic (exact) mass is 492 g/mol. The molecule has 2 aliphatic heterocycles. The number of benzene rings is 2. The molecule has 9 heteroatoms. The fraction of sp³-hybridized carbons (Fsp3) is 0.125. The lowest BCUT2D eigenvalue weighted by molar-refractivity contribution is -0.119. The van der Waals surface area contributed by atoms with Crippen molar-refractivity contribution in [2.75, 3.05) is 23.9 Å². The van der Waals surface area contributed by atoms with Gasteiger partial charge in [0, 0.05) is 31.2 Å². The average Bonchev–Trinajstić information content (AvgIpc) is 3.41.